The van der Waals surface area contributed by atoms with Crippen molar-refractivity contribution in [3.05, 3.63) is 24.4 Å². The van der Waals surface area contributed by atoms with Crippen molar-refractivity contribution in [2.75, 3.05) is 0 Å². The highest BCUT2D eigenvalue weighted by Gasteiger charge is 2.04. The molecule has 0 bridgehead atoms. The van der Waals surface area contributed by atoms with Gasteiger partial charge >= 0.3 is 0 Å². The number of hydrogen-bond donors (Lipinski definition) is 1. The molecule has 0 spiro atoms. The maximum atomic E-state index is 5.20. The molecule has 1 heteroatoms. The fourth-order valence-corrected chi connectivity index (χ4v) is 1.10. The van der Waals surface area contributed by atoms with Crippen molar-refractivity contribution in [3.8, 4) is 0 Å². The molecule has 1 nitrogen and oxygen atoms in total. The van der Waals surface area contributed by atoms with E-state index in [0.717, 1.165) is 5.92 Å². The summed E-state index contributed by atoms with van der Waals surface area (Å²) in [5.74, 6) is 1.41. The lowest BCUT2D eigenvalue weighted by molar-refractivity contribution is 0.453. The third-order valence-electron chi connectivity index (χ3n) is 1.91. The topological polar surface area (TPSA) is 26.0 Å². The van der Waals surface area contributed by atoms with Crippen molar-refractivity contribution in [3.63, 3.8) is 0 Å². The Morgan fingerprint density at radius 3 is 2.27 bits per heavy atom. The summed E-state index contributed by atoms with van der Waals surface area (Å²) in [7, 11) is 0. The number of hydrogen-bond acceptors (Lipinski definition) is 1. The summed E-state index contributed by atoms with van der Waals surface area (Å²) in [4.78, 5) is 0. The van der Waals surface area contributed by atoms with Gasteiger partial charge in [-0.2, -0.15) is 0 Å². The zero-order valence-corrected chi connectivity index (χ0v) is 7.75. The van der Waals surface area contributed by atoms with Gasteiger partial charge in [-0.05, 0) is 30.5 Å². The maximum absolute atomic E-state index is 5.20. The summed E-state index contributed by atoms with van der Waals surface area (Å²) < 4.78 is 0. The molecule has 2 N–H and O–H groups in total. The van der Waals surface area contributed by atoms with E-state index in [4.69, 9.17) is 5.73 Å². The predicted molar refractivity (Wildman–Crippen MR) is 51.1 cm³/mol. The minimum Gasteiger partial charge on any atom is -0.405 e. The molecule has 0 radical (unpaired) electrons. The van der Waals surface area contributed by atoms with Crippen LogP contribution in [0.4, 0.5) is 0 Å². The third-order valence-corrected chi connectivity index (χ3v) is 1.91. The number of nitrogens with two attached hydrogens (primary N) is 1. The second-order valence-corrected chi connectivity index (χ2v) is 3.09. The zero-order chi connectivity index (χ0) is 8.69. The molecule has 0 rings (SSSR count). The molecular weight excluding hydrogens is 134 g/mol. The van der Waals surface area contributed by atoms with E-state index < -0.39 is 0 Å². The van der Waals surface area contributed by atoms with E-state index >= 15 is 0 Å². The summed E-state index contributed by atoms with van der Waals surface area (Å²) in [5.41, 5.74) is 5.20. The lowest BCUT2D eigenvalue weighted by Gasteiger charge is -2.13. The van der Waals surface area contributed by atoms with Gasteiger partial charge in [0, 0.05) is 0 Å². The van der Waals surface area contributed by atoms with Crippen LogP contribution >= 0.6 is 0 Å². The van der Waals surface area contributed by atoms with E-state index in [1.165, 1.54) is 6.42 Å². The largest absolute Gasteiger partial charge is 0.405 e. The van der Waals surface area contributed by atoms with Crippen molar-refractivity contribution in [2.24, 2.45) is 17.6 Å². The molecule has 0 aliphatic carbocycles. The molecule has 0 aromatic rings. The Kier molecular flexibility index (Phi) is 5.63. The van der Waals surface area contributed by atoms with Crippen LogP contribution in [0.1, 0.15) is 27.2 Å². The van der Waals surface area contributed by atoms with Gasteiger partial charge in [0.15, 0.2) is 0 Å². The quantitative estimate of drug-likeness (QED) is 0.617. The minimum atomic E-state index is 0.686. The molecular formula is C10H19N. The summed E-state index contributed by atoms with van der Waals surface area (Å²) in [6.45, 7) is 6.69. The van der Waals surface area contributed by atoms with Gasteiger partial charge in [-0.1, -0.05) is 32.9 Å². The first-order chi connectivity index (χ1) is 5.22. The summed E-state index contributed by atoms with van der Waals surface area (Å²) in [5, 5.41) is 0. The number of allylic oxidation sites excluding steroid dienone is 3. The summed E-state index contributed by atoms with van der Waals surface area (Å²) >= 11 is 0. The van der Waals surface area contributed by atoms with Crippen LogP contribution in [0, 0.1) is 11.8 Å². The van der Waals surface area contributed by atoms with Crippen molar-refractivity contribution in [2.45, 2.75) is 27.2 Å². The van der Waals surface area contributed by atoms with E-state index in [-0.39, 0.29) is 0 Å². The molecule has 0 amide bonds. The average molecular weight is 153 g/mol. The van der Waals surface area contributed by atoms with Crippen LogP contribution < -0.4 is 5.73 Å². The molecule has 0 aromatic heterocycles. The van der Waals surface area contributed by atoms with Crippen molar-refractivity contribution in [1.82, 2.24) is 0 Å². The molecule has 0 saturated carbocycles. The van der Waals surface area contributed by atoms with Crippen LogP contribution in [0.2, 0.25) is 0 Å². The normalized spacial score (nSPS) is 15.3. The Hall–Kier alpha value is -0.720. The molecule has 1 atom stereocenters. The van der Waals surface area contributed by atoms with Gasteiger partial charge in [-0.15, -0.1) is 0 Å². The van der Waals surface area contributed by atoms with Gasteiger partial charge in [0.05, 0.1) is 0 Å². The Balaban J connectivity index is 3.86. The van der Waals surface area contributed by atoms with Crippen LogP contribution in [-0.4, -0.2) is 0 Å². The first-order valence-corrected chi connectivity index (χ1v) is 4.27. The SMILES string of the molecule is CCC(/C=C\C=C/N)C(C)C. The van der Waals surface area contributed by atoms with E-state index in [1.807, 2.05) is 12.2 Å². The van der Waals surface area contributed by atoms with E-state index in [9.17, 15) is 0 Å². The van der Waals surface area contributed by atoms with E-state index in [2.05, 4.69) is 26.8 Å². The lowest BCUT2D eigenvalue weighted by atomic mass is 9.93. The molecule has 0 fully saturated rings. The maximum Gasteiger partial charge on any atom is -0.00625 e. The first-order valence-electron chi connectivity index (χ1n) is 4.27. The Bertz CT molecular complexity index is 134. The number of rotatable bonds is 4. The average Bonchev–Trinajstić information content (AvgIpc) is 1.97. The van der Waals surface area contributed by atoms with Crippen LogP contribution in [0.5, 0.6) is 0 Å². The zero-order valence-electron chi connectivity index (χ0n) is 7.75. The standard InChI is InChI=1S/C10H19N/c1-4-10(9(2)3)7-5-6-8-11/h5-10H,4,11H2,1-3H3/b7-5-,8-6-. The van der Waals surface area contributed by atoms with Crippen LogP contribution in [-0.2, 0) is 0 Å². The Labute approximate surface area is 70.0 Å². The summed E-state index contributed by atoms with van der Waals surface area (Å²) in [6.07, 6.45) is 8.86. The molecule has 1 unspecified atom stereocenters. The van der Waals surface area contributed by atoms with Gasteiger partial charge in [-0.3, -0.25) is 0 Å². The highest BCUT2D eigenvalue weighted by molar-refractivity contribution is 5.03. The van der Waals surface area contributed by atoms with Gasteiger partial charge in [0.1, 0.15) is 0 Å². The van der Waals surface area contributed by atoms with Gasteiger partial charge < -0.3 is 5.73 Å². The molecule has 0 aliphatic heterocycles. The fraction of sp³-hybridized carbons (Fsp3) is 0.600. The summed E-state index contributed by atoms with van der Waals surface area (Å²) in [6, 6.07) is 0. The molecule has 0 aromatic carbocycles. The molecule has 0 heterocycles. The second kappa shape index (κ2) is 6.02. The molecule has 0 aliphatic rings. The highest BCUT2D eigenvalue weighted by Crippen LogP contribution is 2.15. The first kappa shape index (κ1) is 10.3. The van der Waals surface area contributed by atoms with Crippen LogP contribution in [0.3, 0.4) is 0 Å². The Morgan fingerprint density at radius 1 is 1.27 bits per heavy atom. The molecule has 0 saturated heterocycles. The molecule has 64 valence electrons. The van der Waals surface area contributed by atoms with Crippen LogP contribution in [0.15, 0.2) is 24.4 Å². The fourth-order valence-electron chi connectivity index (χ4n) is 1.10. The minimum absolute atomic E-state index is 0.686. The molecule has 11 heavy (non-hydrogen) atoms. The smallest absolute Gasteiger partial charge is 0.00625 e. The predicted octanol–water partition coefficient (Wildman–Crippen LogP) is 2.70. The lowest BCUT2D eigenvalue weighted by Crippen LogP contribution is -2.02. The van der Waals surface area contributed by atoms with Crippen molar-refractivity contribution < 1.29 is 0 Å². The third kappa shape index (κ3) is 4.65. The van der Waals surface area contributed by atoms with Gasteiger partial charge in [0.25, 0.3) is 0 Å². The van der Waals surface area contributed by atoms with Gasteiger partial charge in [-0.25, -0.2) is 0 Å². The van der Waals surface area contributed by atoms with E-state index in [1.54, 1.807) is 6.20 Å². The van der Waals surface area contributed by atoms with Crippen molar-refractivity contribution >= 4 is 0 Å². The van der Waals surface area contributed by atoms with Crippen LogP contribution in [0.25, 0.3) is 0 Å². The second-order valence-electron chi connectivity index (χ2n) is 3.09. The van der Waals surface area contributed by atoms with Gasteiger partial charge in [0.2, 0.25) is 0 Å². The van der Waals surface area contributed by atoms with E-state index in [0.29, 0.717) is 5.92 Å². The van der Waals surface area contributed by atoms with Crippen molar-refractivity contribution in [1.29, 1.82) is 0 Å². The Morgan fingerprint density at radius 2 is 1.91 bits per heavy atom. The highest BCUT2D eigenvalue weighted by atomic mass is 14.5. The monoisotopic (exact) mass is 153 g/mol.